The van der Waals surface area contributed by atoms with Gasteiger partial charge < -0.3 is 10.1 Å². The van der Waals surface area contributed by atoms with Crippen LogP contribution in [-0.2, 0) is 9.53 Å². The summed E-state index contributed by atoms with van der Waals surface area (Å²) in [6, 6.07) is 11.7. The number of halogens is 2. The number of carbonyl (C=O) groups is 2. The Morgan fingerprint density at radius 2 is 1.83 bits per heavy atom. The Labute approximate surface area is 170 Å². The number of anilines is 1. The van der Waals surface area contributed by atoms with E-state index in [9.17, 15) is 18.4 Å². The van der Waals surface area contributed by atoms with Gasteiger partial charge in [-0.3, -0.25) is 4.79 Å². The molecule has 0 radical (unpaired) electrons. The van der Waals surface area contributed by atoms with E-state index in [0.717, 1.165) is 11.3 Å². The van der Waals surface area contributed by atoms with Crippen LogP contribution in [0.1, 0.15) is 22.8 Å². The zero-order valence-corrected chi connectivity index (χ0v) is 16.3. The van der Waals surface area contributed by atoms with Crippen molar-refractivity contribution >= 4 is 34.3 Å². The van der Waals surface area contributed by atoms with E-state index in [0.29, 0.717) is 16.1 Å². The second kappa shape index (κ2) is 9.25. The van der Waals surface area contributed by atoms with Crippen LogP contribution in [0.5, 0.6) is 0 Å². The van der Waals surface area contributed by atoms with Gasteiger partial charge in [-0.15, -0.1) is 11.3 Å². The van der Waals surface area contributed by atoms with Crippen molar-refractivity contribution < 1.29 is 23.1 Å². The lowest BCUT2D eigenvalue weighted by Crippen LogP contribution is -2.12. The Kier molecular flexibility index (Phi) is 6.51. The zero-order valence-electron chi connectivity index (χ0n) is 15.4. The number of esters is 1. The third-order valence-corrected chi connectivity index (χ3v) is 4.88. The minimum Gasteiger partial charge on any atom is -0.462 e. The fourth-order valence-corrected chi connectivity index (χ4v) is 3.59. The molecule has 0 aliphatic rings. The highest BCUT2D eigenvalue weighted by atomic mass is 32.1. The standard InChI is InChI=1S/C22H17F2NO3S/c1-2-28-22(27)20-17(14-7-10-16(23)11-8-14)13-29-21(20)25-19(26)12-9-15-5-3-4-6-18(15)24/h3-13H,2H2,1H3,(H,25,26)/b12-9+. The number of ether oxygens (including phenoxy) is 1. The van der Waals surface area contributed by atoms with Gasteiger partial charge in [0, 0.05) is 22.6 Å². The van der Waals surface area contributed by atoms with Gasteiger partial charge in [-0.05, 0) is 36.8 Å². The minimum atomic E-state index is -0.596. The highest BCUT2D eigenvalue weighted by molar-refractivity contribution is 7.15. The third-order valence-electron chi connectivity index (χ3n) is 3.98. The van der Waals surface area contributed by atoms with Crippen LogP contribution in [0.25, 0.3) is 17.2 Å². The average Bonchev–Trinajstić information content (AvgIpc) is 3.11. The maximum absolute atomic E-state index is 13.7. The summed E-state index contributed by atoms with van der Waals surface area (Å²) in [7, 11) is 0. The van der Waals surface area contributed by atoms with E-state index >= 15 is 0 Å². The average molecular weight is 413 g/mol. The molecule has 1 N–H and O–H groups in total. The third kappa shape index (κ3) is 4.94. The van der Waals surface area contributed by atoms with Gasteiger partial charge in [0.05, 0.1) is 6.61 Å². The van der Waals surface area contributed by atoms with Crippen molar-refractivity contribution in [3.8, 4) is 11.1 Å². The van der Waals surface area contributed by atoms with Crippen LogP contribution in [0.4, 0.5) is 13.8 Å². The van der Waals surface area contributed by atoms with Crippen LogP contribution in [-0.4, -0.2) is 18.5 Å². The smallest absolute Gasteiger partial charge is 0.341 e. The summed E-state index contributed by atoms with van der Waals surface area (Å²) in [6.07, 6.45) is 2.54. The van der Waals surface area contributed by atoms with Crippen molar-refractivity contribution in [1.82, 2.24) is 0 Å². The second-order valence-corrected chi connectivity index (χ2v) is 6.80. The quantitative estimate of drug-likeness (QED) is 0.428. The molecule has 0 aliphatic heterocycles. The molecule has 0 saturated heterocycles. The van der Waals surface area contributed by atoms with Crippen LogP contribution in [0.2, 0.25) is 0 Å². The molecule has 148 valence electrons. The first-order valence-electron chi connectivity index (χ1n) is 8.77. The molecule has 2 aromatic carbocycles. The Morgan fingerprint density at radius 3 is 2.52 bits per heavy atom. The molecule has 0 fully saturated rings. The van der Waals surface area contributed by atoms with E-state index in [4.69, 9.17) is 4.74 Å². The number of nitrogens with one attached hydrogen (secondary N) is 1. The molecule has 0 unspecified atom stereocenters. The highest BCUT2D eigenvalue weighted by Crippen LogP contribution is 2.36. The SMILES string of the molecule is CCOC(=O)c1c(-c2ccc(F)cc2)csc1NC(=O)/C=C/c1ccccc1F. The lowest BCUT2D eigenvalue weighted by atomic mass is 10.0. The predicted molar refractivity (Wildman–Crippen MR) is 110 cm³/mol. The summed E-state index contributed by atoms with van der Waals surface area (Å²) in [6.45, 7) is 1.84. The first-order chi connectivity index (χ1) is 14.0. The van der Waals surface area contributed by atoms with Crippen LogP contribution >= 0.6 is 11.3 Å². The summed E-state index contributed by atoms with van der Waals surface area (Å²) in [5.74, 6) is -1.96. The van der Waals surface area contributed by atoms with E-state index in [2.05, 4.69) is 5.32 Å². The number of hydrogen-bond acceptors (Lipinski definition) is 4. The summed E-state index contributed by atoms with van der Waals surface area (Å²) < 4.78 is 32.0. The molecule has 1 aromatic heterocycles. The molecule has 4 nitrogen and oxygen atoms in total. The second-order valence-electron chi connectivity index (χ2n) is 5.92. The number of benzene rings is 2. The molecule has 0 spiro atoms. The molecular weight excluding hydrogens is 396 g/mol. The van der Waals surface area contributed by atoms with E-state index in [-0.39, 0.29) is 17.7 Å². The molecular formula is C22H17F2NO3S. The lowest BCUT2D eigenvalue weighted by Gasteiger charge is -2.08. The maximum Gasteiger partial charge on any atom is 0.341 e. The summed E-state index contributed by atoms with van der Waals surface area (Å²) in [5.41, 5.74) is 1.61. The van der Waals surface area contributed by atoms with Crippen LogP contribution in [0.3, 0.4) is 0 Å². The maximum atomic E-state index is 13.7. The van der Waals surface area contributed by atoms with E-state index in [1.165, 1.54) is 30.4 Å². The van der Waals surface area contributed by atoms with Crippen LogP contribution in [0.15, 0.2) is 60.0 Å². The van der Waals surface area contributed by atoms with Gasteiger partial charge in [0.2, 0.25) is 5.91 Å². The molecule has 0 saturated carbocycles. The first-order valence-corrected chi connectivity index (χ1v) is 9.65. The Hall–Kier alpha value is -3.32. The van der Waals surface area contributed by atoms with Crippen molar-refractivity contribution in [2.24, 2.45) is 0 Å². The number of hydrogen-bond donors (Lipinski definition) is 1. The molecule has 0 aliphatic carbocycles. The summed E-state index contributed by atoms with van der Waals surface area (Å²) in [5, 5.41) is 4.62. The Bertz CT molecular complexity index is 1060. The highest BCUT2D eigenvalue weighted by Gasteiger charge is 2.22. The molecule has 1 heterocycles. The van der Waals surface area contributed by atoms with Crippen LogP contribution in [0, 0.1) is 11.6 Å². The van der Waals surface area contributed by atoms with E-state index < -0.39 is 23.5 Å². The fraction of sp³-hybridized carbons (Fsp3) is 0.0909. The number of rotatable bonds is 6. The van der Waals surface area contributed by atoms with Gasteiger partial charge in [0.1, 0.15) is 22.2 Å². The molecule has 3 rings (SSSR count). The summed E-state index contributed by atoms with van der Waals surface area (Å²) >= 11 is 1.15. The van der Waals surface area contributed by atoms with Crippen molar-refractivity contribution in [2.45, 2.75) is 6.92 Å². The summed E-state index contributed by atoms with van der Waals surface area (Å²) in [4.78, 5) is 24.8. The van der Waals surface area contributed by atoms with Crippen molar-refractivity contribution in [2.75, 3.05) is 11.9 Å². The van der Waals surface area contributed by atoms with Crippen LogP contribution < -0.4 is 5.32 Å². The zero-order chi connectivity index (χ0) is 20.8. The van der Waals surface area contributed by atoms with Gasteiger partial charge in [-0.1, -0.05) is 30.3 Å². The lowest BCUT2D eigenvalue weighted by molar-refractivity contribution is -0.111. The van der Waals surface area contributed by atoms with Gasteiger partial charge >= 0.3 is 5.97 Å². The van der Waals surface area contributed by atoms with Crippen molar-refractivity contribution in [3.05, 3.63) is 82.7 Å². The Morgan fingerprint density at radius 1 is 1.10 bits per heavy atom. The first kappa shape index (κ1) is 20.4. The normalized spacial score (nSPS) is 10.9. The van der Waals surface area contributed by atoms with Gasteiger partial charge in [0.15, 0.2) is 0 Å². The number of carbonyl (C=O) groups excluding carboxylic acids is 2. The largest absolute Gasteiger partial charge is 0.462 e. The molecule has 29 heavy (non-hydrogen) atoms. The van der Waals surface area contributed by atoms with Crippen molar-refractivity contribution in [3.63, 3.8) is 0 Å². The Balaban J connectivity index is 1.88. The topological polar surface area (TPSA) is 55.4 Å². The molecule has 3 aromatic rings. The molecule has 0 bridgehead atoms. The molecule has 0 atom stereocenters. The van der Waals surface area contributed by atoms with Gasteiger partial charge in [0.25, 0.3) is 0 Å². The number of amides is 1. The van der Waals surface area contributed by atoms with Crippen molar-refractivity contribution in [1.29, 1.82) is 0 Å². The monoisotopic (exact) mass is 413 g/mol. The predicted octanol–water partition coefficient (Wildman–Crippen LogP) is 5.52. The fourth-order valence-electron chi connectivity index (χ4n) is 2.63. The van der Waals surface area contributed by atoms with E-state index in [1.54, 1.807) is 42.6 Å². The molecule has 1 amide bonds. The van der Waals surface area contributed by atoms with Gasteiger partial charge in [-0.2, -0.15) is 0 Å². The number of thiophene rings is 1. The van der Waals surface area contributed by atoms with E-state index in [1.807, 2.05) is 0 Å². The minimum absolute atomic E-state index is 0.165. The molecule has 7 heteroatoms. The van der Waals surface area contributed by atoms with Gasteiger partial charge in [-0.25, -0.2) is 13.6 Å².